The number of halogens is 1. The molecular weight excluding hydrogens is 229 g/mol. The van der Waals surface area contributed by atoms with E-state index < -0.39 is 0 Å². The molecule has 2 aromatic rings. The van der Waals surface area contributed by atoms with Crippen LogP contribution >= 0.6 is 0 Å². The molecule has 1 aromatic heterocycles. The first-order valence-electron chi connectivity index (χ1n) is 6.50. The molecule has 96 valence electrons. The number of aryl methyl sites for hydroxylation is 1. The van der Waals surface area contributed by atoms with E-state index in [0.717, 1.165) is 24.3 Å². The van der Waals surface area contributed by atoms with Gasteiger partial charge in [0.15, 0.2) is 0 Å². The molecule has 0 aliphatic heterocycles. The van der Waals surface area contributed by atoms with Gasteiger partial charge in [0, 0.05) is 12.1 Å². The van der Waals surface area contributed by atoms with Crippen LogP contribution in [-0.4, -0.2) is 9.55 Å². The van der Waals surface area contributed by atoms with Crippen molar-refractivity contribution in [3.63, 3.8) is 0 Å². The Morgan fingerprint density at radius 3 is 2.83 bits per heavy atom. The van der Waals surface area contributed by atoms with Crippen LogP contribution in [0.15, 0.2) is 12.1 Å². The van der Waals surface area contributed by atoms with Gasteiger partial charge in [0.1, 0.15) is 5.82 Å². The van der Waals surface area contributed by atoms with Crippen molar-refractivity contribution >= 4 is 17.0 Å². The predicted octanol–water partition coefficient (Wildman–Crippen LogP) is 3.43. The van der Waals surface area contributed by atoms with Gasteiger partial charge in [-0.05, 0) is 43.7 Å². The summed E-state index contributed by atoms with van der Waals surface area (Å²) >= 11 is 0. The third-order valence-corrected chi connectivity index (χ3v) is 4.03. The second kappa shape index (κ2) is 3.97. The minimum atomic E-state index is -0.216. The smallest absolute Gasteiger partial charge is 0.201 e. The second-order valence-corrected chi connectivity index (χ2v) is 5.50. The van der Waals surface area contributed by atoms with E-state index in [2.05, 4.69) is 16.5 Å². The van der Waals surface area contributed by atoms with Gasteiger partial charge in [0.05, 0.1) is 11.0 Å². The molecule has 2 unspecified atom stereocenters. The zero-order valence-corrected chi connectivity index (χ0v) is 10.8. The lowest BCUT2D eigenvalue weighted by molar-refractivity contribution is 0.510. The van der Waals surface area contributed by atoms with Gasteiger partial charge in [-0.15, -0.1) is 0 Å². The average Bonchev–Trinajstić information content (AvgIpc) is 2.83. The maximum Gasteiger partial charge on any atom is 0.201 e. The Kier molecular flexibility index (Phi) is 2.54. The Morgan fingerprint density at radius 1 is 1.39 bits per heavy atom. The molecule has 1 aromatic carbocycles. The molecule has 3 nitrogen and oxygen atoms in total. The number of rotatable bonds is 1. The first-order chi connectivity index (χ1) is 8.56. The van der Waals surface area contributed by atoms with Crippen LogP contribution in [0.3, 0.4) is 0 Å². The van der Waals surface area contributed by atoms with E-state index >= 15 is 0 Å². The van der Waals surface area contributed by atoms with E-state index in [9.17, 15) is 4.39 Å². The molecule has 2 N–H and O–H groups in total. The number of hydrogen-bond acceptors (Lipinski definition) is 2. The lowest BCUT2D eigenvalue weighted by atomic mass is 10.1. The number of anilines is 1. The number of imidazole rings is 1. The lowest BCUT2D eigenvalue weighted by Crippen LogP contribution is -2.09. The molecule has 1 heterocycles. The van der Waals surface area contributed by atoms with Gasteiger partial charge < -0.3 is 10.3 Å². The standard InChI is InChI=1S/C14H18FN3/c1-8-3-4-10(5-8)18-13-6-9(2)11(15)7-12(13)17-14(18)16/h6-8,10H,3-5H2,1-2H3,(H2,16,17). The molecule has 1 saturated carbocycles. The van der Waals surface area contributed by atoms with Crippen LogP contribution < -0.4 is 5.73 Å². The van der Waals surface area contributed by atoms with Crippen LogP contribution in [-0.2, 0) is 0 Å². The Balaban J connectivity index is 2.16. The SMILES string of the molecule is Cc1cc2c(cc1F)nc(N)n2C1CCC(C)C1. The quantitative estimate of drug-likeness (QED) is 0.839. The summed E-state index contributed by atoms with van der Waals surface area (Å²) in [6.45, 7) is 4.04. The molecule has 0 spiro atoms. The first-order valence-corrected chi connectivity index (χ1v) is 6.50. The maximum absolute atomic E-state index is 13.5. The second-order valence-electron chi connectivity index (χ2n) is 5.50. The van der Waals surface area contributed by atoms with E-state index in [4.69, 9.17) is 5.73 Å². The van der Waals surface area contributed by atoms with E-state index in [-0.39, 0.29) is 5.82 Å². The molecule has 1 aliphatic carbocycles. The van der Waals surface area contributed by atoms with Crippen molar-refractivity contribution in [1.82, 2.24) is 9.55 Å². The van der Waals surface area contributed by atoms with Crippen molar-refractivity contribution < 1.29 is 4.39 Å². The summed E-state index contributed by atoms with van der Waals surface area (Å²) in [6, 6.07) is 3.75. The van der Waals surface area contributed by atoms with Crippen molar-refractivity contribution in [2.75, 3.05) is 5.73 Å². The normalized spacial score (nSPS) is 23.9. The van der Waals surface area contributed by atoms with Crippen LogP contribution in [0, 0.1) is 18.7 Å². The summed E-state index contributed by atoms with van der Waals surface area (Å²) < 4.78 is 15.6. The van der Waals surface area contributed by atoms with Gasteiger partial charge in [-0.25, -0.2) is 9.37 Å². The van der Waals surface area contributed by atoms with Crippen LogP contribution in [0.1, 0.15) is 37.8 Å². The maximum atomic E-state index is 13.5. The summed E-state index contributed by atoms with van der Waals surface area (Å²) in [5, 5.41) is 0. The van der Waals surface area contributed by atoms with Crippen LogP contribution in [0.2, 0.25) is 0 Å². The van der Waals surface area contributed by atoms with Gasteiger partial charge in [-0.2, -0.15) is 0 Å². The molecule has 18 heavy (non-hydrogen) atoms. The van der Waals surface area contributed by atoms with Crippen molar-refractivity contribution in [3.05, 3.63) is 23.5 Å². The summed E-state index contributed by atoms with van der Waals surface area (Å²) in [5.74, 6) is 1.02. The van der Waals surface area contributed by atoms with Gasteiger partial charge in [0.25, 0.3) is 0 Å². The zero-order chi connectivity index (χ0) is 12.9. The molecule has 1 fully saturated rings. The third kappa shape index (κ3) is 1.67. The fourth-order valence-corrected chi connectivity index (χ4v) is 3.03. The fourth-order valence-electron chi connectivity index (χ4n) is 3.03. The number of aromatic nitrogens is 2. The van der Waals surface area contributed by atoms with Crippen LogP contribution in [0.5, 0.6) is 0 Å². The Labute approximate surface area is 106 Å². The number of benzene rings is 1. The molecule has 0 radical (unpaired) electrons. The van der Waals surface area contributed by atoms with E-state index in [1.165, 1.54) is 12.5 Å². The third-order valence-electron chi connectivity index (χ3n) is 4.03. The number of nitrogen functional groups attached to an aromatic ring is 1. The number of nitrogens with zero attached hydrogens (tertiary/aromatic N) is 2. The molecule has 0 bridgehead atoms. The number of hydrogen-bond donors (Lipinski definition) is 1. The summed E-state index contributed by atoms with van der Waals surface area (Å²) in [6.07, 6.45) is 3.49. The molecular formula is C14H18FN3. The Hall–Kier alpha value is -1.58. The lowest BCUT2D eigenvalue weighted by Gasteiger charge is -2.15. The highest BCUT2D eigenvalue weighted by Crippen LogP contribution is 2.38. The summed E-state index contributed by atoms with van der Waals surface area (Å²) in [7, 11) is 0. The molecule has 1 aliphatic rings. The van der Waals surface area contributed by atoms with Crippen molar-refractivity contribution in [2.45, 2.75) is 39.2 Å². The summed E-state index contributed by atoms with van der Waals surface area (Å²) in [5.41, 5.74) is 8.28. The largest absolute Gasteiger partial charge is 0.369 e. The predicted molar refractivity (Wildman–Crippen MR) is 70.9 cm³/mol. The molecule has 2 atom stereocenters. The molecule has 3 rings (SSSR count). The van der Waals surface area contributed by atoms with Gasteiger partial charge in [0.2, 0.25) is 5.95 Å². The average molecular weight is 247 g/mol. The number of fused-ring (bicyclic) bond motifs is 1. The Bertz CT molecular complexity index is 603. The van der Waals surface area contributed by atoms with E-state index in [0.29, 0.717) is 23.1 Å². The van der Waals surface area contributed by atoms with Crippen molar-refractivity contribution in [1.29, 1.82) is 0 Å². The molecule has 0 amide bonds. The highest BCUT2D eigenvalue weighted by Gasteiger charge is 2.26. The molecule has 4 heteroatoms. The topological polar surface area (TPSA) is 43.8 Å². The summed E-state index contributed by atoms with van der Waals surface area (Å²) in [4.78, 5) is 4.29. The highest BCUT2D eigenvalue weighted by atomic mass is 19.1. The highest BCUT2D eigenvalue weighted by molar-refractivity contribution is 5.79. The minimum absolute atomic E-state index is 0.216. The van der Waals surface area contributed by atoms with Gasteiger partial charge >= 0.3 is 0 Å². The fraction of sp³-hybridized carbons (Fsp3) is 0.500. The van der Waals surface area contributed by atoms with E-state index in [1.54, 1.807) is 6.92 Å². The van der Waals surface area contributed by atoms with Crippen molar-refractivity contribution in [2.24, 2.45) is 5.92 Å². The minimum Gasteiger partial charge on any atom is -0.369 e. The number of nitrogens with two attached hydrogens (primary N) is 1. The zero-order valence-electron chi connectivity index (χ0n) is 10.8. The van der Waals surface area contributed by atoms with Crippen LogP contribution in [0.4, 0.5) is 10.3 Å². The van der Waals surface area contributed by atoms with Gasteiger partial charge in [-0.1, -0.05) is 6.92 Å². The van der Waals surface area contributed by atoms with E-state index in [1.807, 2.05) is 6.07 Å². The van der Waals surface area contributed by atoms with Gasteiger partial charge in [-0.3, -0.25) is 0 Å². The van der Waals surface area contributed by atoms with Crippen LogP contribution in [0.25, 0.3) is 11.0 Å². The monoisotopic (exact) mass is 247 g/mol. The first kappa shape index (κ1) is 11.5. The Morgan fingerprint density at radius 2 is 2.17 bits per heavy atom. The molecule has 0 saturated heterocycles. The van der Waals surface area contributed by atoms with Crippen molar-refractivity contribution in [3.8, 4) is 0 Å².